The van der Waals surface area contributed by atoms with Gasteiger partial charge in [0.2, 0.25) is 5.91 Å². The van der Waals surface area contributed by atoms with Crippen molar-refractivity contribution in [1.82, 2.24) is 9.55 Å². The summed E-state index contributed by atoms with van der Waals surface area (Å²) in [6, 6.07) is 13.1. The lowest BCUT2D eigenvalue weighted by molar-refractivity contribution is -0.116. The number of carbonyl (C=O) groups excluding carboxylic acids is 1. The van der Waals surface area contributed by atoms with Gasteiger partial charge in [0.05, 0.1) is 11.2 Å². The van der Waals surface area contributed by atoms with Gasteiger partial charge in [-0.25, -0.2) is 18.2 Å². The maximum Gasteiger partial charge on any atom is 0.269 e. The molecule has 0 aliphatic heterocycles. The van der Waals surface area contributed by atoms with Crippen molar-refractivity contribution >= 4 is 34.3 Å². The van der Waals surface area contributed by atoms with Gasteiger partial charge in [0.15, 0.2) is 16.8 Å². The summed E-state index contributed by atoms with van der Waals surface area (Å²) >= 11 is 1.18. The van der Waals surface area contributed by atoms with E-state index in [1.807, 2.05) is 12.1 Å². The van der Waals surface area contributed by atoms with Gasteiger partial charge in [-0.2, -0.15) is 0 Å². The predicted octanol–water partition coefficient (Wildman–Crippen LogP) is 5.80. The molecule has 1 amide bonds. The highest BCUT2D eigenvalue weighted by Crippen LogP contribution is 2.26. The lowest BCUT2D eigenvalue weighted by Gasteiger charge is -2.14. The van der Waals surface area contributed by atoms with Gasteiger partial charge in [0, 0.05) is 23.9 Å². The number of amides is 1. The van der Waals surface area contributed by atoms with E-state index in [4.69, 9.17) is 0 Å². The van der Waals surface area contributed by atoms with Gasteiger partial charge in [-0.1, -0.05) is 23.9 Å². The minimum absolute atomic E-state index is 0.0356. The molecule has 9 heteroatoms. The van der Waals surface area contributed by atoms with Gasteiger partial charge in [-0.15, -0.1) is 0 Å². The molecule has 1 aliphatic rings. The molecule has 1 aromatic heterocycles. The molecule has 0 fully saturated rings. The number of carbonyl (C=O) groups is 1. The molecule has 36 heavy (non-hydrogen) atoms. The number of aromatic nitrogens is 2. The summed E-state index contributed by atoms with van der Waals surface area (Å²) in [5.74, 6) is -2.64. The highest BCUT2D eigenvalue weighted by atomic mass is 32.2. The van der Waals surface area contributed by atoms with E-state index in [2.05, 4.69) is 16.4 Å². The maximum absolute atomic E-state index is 14.4. The third kappa shape index (κ3) is 4.88. The van der Waals surface area contributed by atoms with Crippen LogP contribution in [0.15, 0.2) is 64.5 Å². The average Bonchev–Trinajstić information content (AvgIpc) is 3.32. The third-order valence-electron chi connectivity index (χ3n) is 6.14. The molecule has 0 saturated carbocycles. The zero-order chi connectivity index (χ0) is 25.2. The van der Waals surface area contributed by atoms with Crippen LogP contribution >= 0.6 is 11.8 Å². The molecule has 5 nitrogen and oxygen atoms in total. The SMILES string of the molecule is O=C(CCCSc1nc2cccc(F)c2c(=O)n1-c1ccc(F)c(F)c1)Nc1ccc2c(c1)CCC2. The molecule has 3 aromatic carbocycles. The first-order valence-electron chi connectivity index (χ1n) is 11.6. The molecular weight excluding hydrogens is 487 g/mol. The molecule has 0 saturated heterocycles. The zero-order valence-corrected chi connectivity index (χ0v) is 20.0. The van der Waals surface area contributed by atoms with Gasteiger partial charge in [0.1, 0.15) is 11.2 Å². The highest BCUT2D eigenvalue weighted by Gasteiger charge is 2.18. The van der Waals surface area contributed by atoms with Crippen LogP contribution in [0.4, 0.5) is 18.9 Å². The number of nitrogens with zero attached hydrogens (tertiary/aromatic N) is 2. The highest BCUT2D eigenvalue weighted by molar-refractivity contribution is 7.99. The van der Waals surface area contributed by atoms with Gasteiger partial charge in [0.25, 0.3) is 5.56 Å². The molecule has 184 valence electrons. The molecule has 1 aliphatic carbocycles. The molecule has 4 aromatic rings. The number of aryl methyl sites for hydroxylation is 2. The fourth-order valence-corrected chi connectivity index (χ4v) is 5.34. The second kappa shape index (κ2) is 10.2. The molecule has 1 heterocycles. The molecular formula is C27H22F3N3O2S. The lowest BCUT2D eigenvalue weighted by Crippen LogP contribution is -2.23. The first kappa shape index (κ1) is 24.1. The van der Waals surface area contributed by atoms with E-state index in [0.717, 1.165) is 47.7 Å². The second-order valence-corrected chi connectivity index (χ2v) is 9.67. The minimum atomic E-state index is -1.13. The quantitative estimate of drug-likeness (QED) is 0.194. The van der Waals surface area contributed by atoms with E-state index >= 15 is 0 Å². The van der Waals surface area contributed by atoms with Crippen molar-refractivity contribution in [3.05, 3.63) is 93.5 Å². The van der Waals surface area contributed by atoms with Crippen molar-refractivity contribution in [1.29, 1.82) is 0 Å². The minimum Gasteiger partial charge on any atom is -0.326 e. The molecule has 0 radical (unpaired) electrons. The van der Waals surface area contributed by atoms with Crippen molar-refractivity contribution < 1.29 is 18.0 Å². The summed E-state index contributed by atoms with van der Waals surface area (Å²) in [5.41, 5.74) is 2.86. The number of hydrogen-bond acceptors (Lipinski definition) is 4. The van der Waals surface area contributed by atoms with Gasteiger partial charge < -0.3 is 5.32 Å². The number of hydrogen-bond donors (Lipinski definition) is 1. The largest absolute Gasteiger partial charge is 0.326 e. The Morgan fingerprint density at radius 1 is 0.972 bits per heavy atom. The van der Waals surface area contributed by atoms with Crippen LogP contribution < -0.4 is 10.9 Å². The molecule has 0 spiro atoms. The third-order valence-corrected chi connectivity index (χ3v) is 7.16. The van der Waals surface area contributed by atoms with Crippen LogP contribution in [0, 0.1) is 17.5 Å². The maximum atomic E-state index is 14.4. The fraction of sp³-hybridized carbons (Fsp3) is 0.222. The van der Waals surface area contributed by atoms with Crippen molar-refractivity contribution in [2.75, 3.05) is 11.1 Å². The summed E-state index contributed by atoms with van der Waals surface area (Å²) in [6.45, 7) is 0. The number of benzene rings is 3. The lowest BCUT2D eigenvalue weighted by atomic mass is 10.1. The Labute approximate surface area is 209 Å². The van der Waals surface area contributed by atoms with Gasteiger partial charge in [-0.05, 0) is 73.2 Å². The second-order valence-electron chi connectivity index (χ2n) is 8.60. The Morgan fingerprint density at radius 3 is 2.64 bits per heavy atom. The Morgan fingerprint density at radius 2 is 1.81 bits per heavy atom. The van der Waals surface area contributed by atoms with Crippen LogP contribution in [0.25, 0.3) is 16.6 Å². The Balaban J connectivity index is 1.32. The van der Waals surface area contributed by atoms with E-state index in [-0.39, 0.29) is 34.1 Å². The Bertz CT molecular complexity index is 1540. The van der Waals surface area contributed by atoms with Crippen molar-refractivity contribution in [3.63, 3.8) is 0 Å². The number of rotatable bonds is 7. The van der Waals surface area contributed by atoms with Crippen LogP contribution in [0.2, 0.25) is 0 Å². The molecule has 0 unspecified atom stereocenters. The normalized spacial score (nSPS) is 12.6. The smallest absolute Gasteiger partial charge is 0.269 e. The summed E-state index contributed by atoms with van der Waals surface area (Å²) < 4.78 is 42.9. The standard InChI is InChI=1S/C27H22F3N3O2S/c28-20-12-11-19(15-22(20)30)33-26(35)25-21(29)6-2-7-23(25)32-27(33)36-13-3-8-24(34)31-18-10-9-16-4-1-5-17(16)14-18/h2,6-7,9-12,14-15H,1,3-5,8,13H2,(H,31,34). The molecule has 1 N–H and O–H groups in total. The van der Waals surface area contributed by atoms with E-state index in [9.17, 15) is 22.8 Å². The van der Waals surface area contributed by atoms with Gasteiger partial charge in [-0.3, -0.25) is 14.2 Å². The number of anilines is 1. The fourth-order valence-electron chi connectivity index (χ4n) is 4.39. The van der Waals surface area contributed by atoms with Crippen molar-refractivity contribution in [3.8, 4) is 5.69 Å². The molecule has 5 rings (SSSR count). The number of fused-ring (bicyclic) bond motifs is 2. The topological polar surface area (TPSA) is 64.0 Å². The average molecular weight is 510 g/mol. The summed E-state index contributed by atoms with van der Waals surface area (Å²) in [4.78, 5) is 30.0. The zero-order valence-electron chi connectivity index (χ0n) is 19.2. The number of nitrogens with one attached hydrogen (secondary N) is 1. The van der Waals surface area contributed by atoms with Crippen LogP contribution in [0.1, 0.15) is 30.4 Å². The van der Waals surface area contributed by atoms with E-state index in [0.29, 0.717) is 12.2 Å². The Hall–Kier alpha value is -3.59. The van der Waals surface area contributed by atoms with Crippen LogP contribution in [0.3, 0.4) is 0 Å². The van der Waals surface area contributed by atoms with Crippen molar-refractivity contribution in [2.45, 2.75) is 37.3 Å². The van der Waals surface area contributed by atoms with Crippen LogP contribution in [-0.2, 0) is 17.6 Å². The first-order chi connectivity index (χ1) is 17.4. The molecule has 0 bridgehead atoms. The van der Waals surface area contributed by atoms with E-state index < -0.39 is 23.0 Å². The van der Waals surface area contributed by atoms with E-state index in [1.165, 1.54) is 41.1 Å². The van der Waals surface area contributed by atoms with E-state index in [1.54, 1.807) is 0 Å². The predicted molar refractivity (Wildman–Crippen MR) is 134 cm³/mol. The van der Waals surface area contributed by atoms with Crippen LogP contribution in [0.5, 0.6) is 0 Å². The first-order valence-corrected chi connectivity index (χ1v) is 12.6. The number of halogens is 3. The molecule has 0 atom stereocenters. The van der Waals surface area contributed by atoms with Crippen molar-refractivity contribution in [2.24, 2.45) is 0 Å². The number of thioether (sulfide) groups is 1. The summed E-state index contributed by atoms with van der Waals surface area (Å²) in [7, 11) is 0. The Kier molecular flexibility index (Phi) is 6.82. The summed E-state index contributed by atoms with van der Waals surface area (Å²) in [6.07, 6.45) is 3.97. The van der Waals surface area contributed by atoms with Crippen LogP contribution in [-0.4, -0.2) is 21.2 Å². The monoisotopic (exact) mass is 509 g/mol. The van der Waals surface area contributed by atoms with Gasteiger partial charge >= 0.3 is 0 Å². The summed E-state index contributed by atoms with van der Waals surface area (Å²) in [5, 5.41) is 2.88.